The van der Waals surface area contributed by atoms with Crippen molar-refractivity contribution in [2.45, 2.75) is 0 Å². The Labute approximate surface area is 410 Å². The molecule has 9 rings (SSSR count). The second-order valence-electron chi connectivity index (χ2n) is 13.3. The molecule has 9 nitrogen and oxygen atoms in total. The summed E-state index contributed by atoms with van der Waals surface area (Å²) in [6, 6.07) is 85.5. The molecule has 0 unspecified atom stereocenters. The van der Waals surface area contributed by atoms with Gasteiger partial charge in [0.2, 0.25) is 0 Å². The van der Waals surface area contributed by atoms with E-state index in [4.69, 9.17) is 40.7 Å². The molecule has 9 aromatic rings. The first-order valence-corrected chi connectivity index (χ1v) is 24.0. The SMILES string of the molecule is [Mo].c1ccc(OP(Oc2ccccc2)Oc2ccccc2)cc1.c1ccc(OP(Oc2ccccc2)Oc2ccccc2)cc1.c1ccc(OP(Oc2ccccc2)Oc2ccccc2)cc1. The van der Waals surface area contributed by atoms with Crippen LogP contribution < -0.4 is 40.7 Å². The Morgan fingerprint density at radius 3 is 0.328 bits per heavy atom. The minimum atomic E-state index is -1.59. The molecule has 0 radical (unpaired) electrons. The van der Waals surface area contributed by atoms with E-state index in [0.717, 1.165) is 0 Å². The van der Waals surface area contributed by atoms with Crippen molar-refractivity contribution in [1.29, 1.82) is 0 Å². The minimum Gasteiger partial charge on any atom is -0.409 e. The number of hydrogen-bond donors (Lipinski definition) is 0. The topological polar surface area (TPSA) is 83.1 Å². The minimum absolute atomic E-state index is 0. The first-order chi connectivity index (χ1) is 32.7. The van der Waals surface area contributed by atoms with Crippen LogP contribution in [-0.4, -0.2) is 0 Å². The van der Waals surface area contributed by atoms with Crippen LogP contribution in [0.1, 0.15) is 0 Å². The van der Waals surface area contributed by atoms with Crippen molar-refractivity contribution in [2.24, 2.45) is 0 Å². The van der Waals surface area contributed by atoms with Crippen LogP contribution in [0.25, 0.3) is 0 Å². The van der Waals surface area contributed by atoms with E-state index in [-0.39, 0.29) is 21.1 Å². The molecular formula is C54H45MoO9P3. The van der Waals surface area contributed by atoms with Crippen LogP contribution >= 0.6 is 25.8 Å². The van der Waals surface area contributed by atoms with Crippen molar-refractivity contribution in [1.82, 2.24) is 0 Å². The molecule has 9 aromatic carbocycles. The van der Waals surface area contributed by atoms with Gasteiger partial charge in [-0.25, -0.2) is 0 Å². The first kappa shape index (κ1) is 49.6. The first-order valence-electron chi connectivity index (χ1n) is 20.7. The maximum absolute atomic E-state index is 5.84. The van der Waals surface area contributed by atoms with Gasteiger partial charge in [0.25, 0.3) is 0 Å². The van der Waals surface area contributed by atoms with Gasteiger partial charge in [0, 0.05) is 21.1 Å². The van der Waals surface area contributed by atoms with Crippen molar-refractivity contribution >= 4 is 25.8 Å². The van der Waals surface area contributed by atoms with Crippen LogP contribution in [0.15, 0.2) is 273 Å². The van der Waals surface area contributed by atoms with E-state index >= 15 is 0 Å². The molecule has 0 aliphatic rings. The van der Waals surface area contributed by atoms with Crippen molar-refractivity contribution in [3.63, 3.8) is 0 Å². The Morgan fingerprint density at radius 1 is 0.149 bits per heavy atom. The van der Waals surface area contributed by atoms with Gasteiger partial charge in [0.15, 0.2) is 0 Å². The third kappa shape index (κ3) is 18.9. The number of para-hydroxylation sites is 9. The molecule has 67 heavy (non-hydrogen) atoms. The summed E-state index contributed by atoms with van der Waals surface area (Å²) >= 11 is 0. The van der Waals surface area contributed by atoms with Crippen molar-refractivity contribution in [2.75, 3.05) is 0 Å². The van der Waals surface area contributed by atoms with Crippen LogP contribution in [-0.2, 0) is 21.1 Å². The fraction of sp³-hybridized carbons (Fsp3) is 0. The Bertz CT molecular complexity index is 2030. The molecule has 13 heteroatoms. The predicted octanol–water partition coefficient (Wildman–Crippen LogP) is 16.3. The van der Waals surface area contributed by atoms with E-state index in [1.54, 1.807) is 0 Å². The molecule has 0 spiro atoms. The normalized spacial score (nSPS) is 10.1. The maximum atomic E-state index is 5.84. The molecule has 0 saturated heterocycles. The smallest absolute Gasteiger partial charge is 0.409 e. The summed E-state index contributed by atoms with van der Waals surface area (Å²) in [6.45, 7) is 0. The zero-order valence-corrected chi connectivity index (χ0v) is 40.6. The Kier molecular flexibility index (Phi) is 21.4. The fourth-order valence-corrected chi connectivity index (χ4v) is 8.25. The molecule has 0 aromatic heterocycles. The average molecular weight is 1030 g/mol. The number of hydrogen-bond acceptors (Lipinski definition) is 9. The van der Waals surface area contributed by atoms with E-state index in [1.807, 2.05) is 273 Å². The van der Waals surface area contributed by atoms with E-state index in [0.29, 0.717) is 51.7 Å². The molecule has 0 bridgehead atoms. The van der Waals surface area contributed by atoms with Crippen molar-refractivity contribution < 1.29 is 61.8 Å². The summed E-state index contributed by atoms with van der Waals surface area (Å²) in [6.07, 6.45) is 0. The van der Waals surface area contributed by atoms with Crippen LogP contribution in [0.4, 0.5) is 0 Å². The Balaban J connectivity index is 0.000000165. The third-order valence-corrected chi connectivity index (χ3v) is 11.5. The molecule has 0 N–H and O–H groups in total. The molecule has 336 valence electrons. The van der Waals surface area contributed by atoms with Gasteiger partial charge in [-0.1, -0.05) is 164 Å². The monoisotopic (exact) mass is 1030 g/mol. The van der Waals surface area contributed by atoms with E-state index in [1.165, 1.54) is 0 Å². The second kappa shape index (κ2) is 28.9. The van der Waals surface area contributed by atoms with Crippen LogP contribution in [0, 0.1) is 0 Å². The van der Waals surface area contributed by atoms with Crippen LogP contribution in [0.3, 0.4) is 0 Å². The van der Waals surface area contributed by atoms with Crippen molar-refractivity contribution in [3.8, 4) is 51.7 Å². The molecule has 0 aliphatic heterocycles. The summed E-state index contributed by atoms with van der Waals surface area (Å²) < 4.78 is 52.6. The van der Waals surface area contributed by atoms with Crippen molar-refractivity contribution in [3.05, 3.63) is 273 Å². The van der Waals surface area contributed by atoms with Gasteiger partial charge in [0.05, 0.1) is 0 Å². The van der Waals surface area contributed by atoms with Crippen LogP contribution in [0.2, 0.25) is 0 Å². The molecule has 0 heterocycles. The van der Waals surface area contributed by atoms with Crippen LogP contribution in [0.5, 0.6) is 51.7 Å². The zero-order valence-electron chi connectivity index (χ0n) is 35.9. The summed E-state index contributed by atoms with van der Waals surface area (Å²) in [4.78, 5) is 0. The standard InChI is InChI=1S/3C18H15O3P.Mo/c3*1-4-10-16(11-5-1)19-22(20-17-12-6-2-7-13-17)21-18-14-8-3-9-15-18;/h3*1-15H;. The largest absolute Gasteiger partial charge is 0.530 e. The van der Waals surface area contributed by atoms with Gasteiger partial charge in [-0.2, -0.15) is 0 Å². The summed E-state index contributed by atoms with van der Waals surface area (Å²) in [5.74, 6) is 6.38. The molecule has 0 aliphatic carbocycles. The van der Waals surface area contributed by atoms with Gasteiger partial charge >= 0.3 is 25.8 Å². The molecule has 0 atom stereocenters. The van der Waals surface area contributed by atoms with E-state index in [2.05, 4.69) is 0 Å². The molecule has 0 amide bonds. The quantitative estimate of drug-likeness (QED) is 0.0616. The van der Waals surface area contributed by atoms with Gasteiger partial charge in [0.1, 0.15) is 51.7 Å². The Hall–Kier alpha value is -6.84. The van der Waals surface area contributed by atoms with E-state index in [9.17, 15) is 0 Å². The molecule has 0 fully saturated rings. The molecule has 0 saturated carbocycles. The van der Waals surface area contributed by atoms with Gasteiger partial charge in [-0.15, -0.1) is 0 Å². The molecular weight excluding hydrogens is 981 g/mol. The predicted molar refractivity (Wildman–Crippen MR) is 264 cm³/mol. The fourth-order valence-electron chi connectivity index (χ4n) is 5.27. The summed E-state index contributed by atoms with van der Waals surface area (Å²) in [5.41, 5.74) is 0. The van der Waals surface area contributed by atoms with E-state index < -0.39 is 25.8 Å². The number of rotatable bonds is 18. The van der Waals surface area contributed by atoms with Gasteiger partial charge in [-0.05, 0) is 109 Å². The number of benzene rings is 9. The third-order valence-electron chi connectivity index (χ3n) is 8.31. The Morgan fingerprint density at radius 2 is 0.239 bits per heavy atom. The zero-order chi connectivity index (χ0) is 45.1. The average Bonchev–Trinajstić information content (AvgIpc) is 3.37. The second-order valence-corrected chi connectivity index (χ2v) is 16.3. The summed E-state index contributed by atoms with van der Waals surface area (Å²) in [7, 11) is -4.77. The van der Waals surface area contributed by atoms with Gasteiger partial charge < -0.3 is 40.7 Å². The maximum Gasteiger partial charge on any atom is 0.530 e. The summed E-state index contributed by atoms with van der Waals surface area (Å²) in [5, 5.41) is 0. The van der Waals surface area contributed by atoms with Gasteiger partial charge in [-0.3, -0.25) is 0 Å².